The molecule has 118 valence electrons. The van der Waals surface area contributed by atoms with Crippen molar-refractivity contribution in [3.63, 3.8) is 0 Å². The molecule has 1 aliphatic rings. The second-order valence-electron chi connectivity index (χ2n) is 6.02. The van der Waals surface area contributed by atoms with Crippen LogP contribution in [0.2, 0.25) is 0 Å². The number of nitrogens with two attached hydrogens (primary N) is 1. The lowest BCUT2D eigenvalue weighted by Crippen LogP contribution is -2.75. The van der Waals surface area contributed by atoms with E-state index in [0.29, 0.717) is 5.92 Å². The molecular weight excluding hydrogens is 268 g/mol. The first-order chi connectivity index (χ1) is 10.7. The third kappa shape index (κ3) is 4.11. The highest BCUT2D eigenvalue weighted by Crippen LogP contribution is 2.29. The van der Waals surface area contributed by atoms with Crippen LogP contribution in [0.25, 0.3) is 0 Å². The minimum absolute atomic E-state index is 0.524. The Bertz CT molecular complexity index is 567. The molecule has 0 aliphatic carbocycles. The van der Waals surface area contributed by atoms with E-state index in [9.17, 15) is 0 Å². The van der Waals surface area contributed by atoms with Crippen LogP contribution in [0.5, 0.6) is 0 Å². The summed E-state index contributed by atoms with van der Waals surface area (Å²) in [7, 11) is 2.19. The molecule has 2 rings (SSSR count). The van der Waals surface area contributed by atoms with Gasteiger partial charge in [0.2, 0.25) is 0 Å². The number of rotatable bonds is 6. The summed E-state index contributed by atoms with van der Waals surface area (Å²) in [6.45, 7) is 7.78. The molecule has 2 heteroatoms. The zero-order chi connectivity index (χ0) is 15.9. The lowest BCUT2D eigenvalue weighted by Gasteiger charge is -2.14. The number of para-hydroxylation sites is 1. The predicted octanol–water partition coefficient (Wildman–Crippen LogP) is 3.98. The normalized spacial score (nSPS) is 19.5. The van der Waals surface area contributed by atoms with Crippen LogP contribution in [0, 0.1) is 5.92 Å². The monoisotopic (exact) mass is 297 g/mol. The molecule has 0 amide bonds. The first-order valence-corrected chi connectivity index (χ1v) is 8.34. The first kappa shape index (κ1) is 16.6. The number of nitrogens with zero attached hydrogens (tertiary/aromatic N) is 1. The highest BCUT2D eigenvalue weighted by atomic mass is 15.1. The van der Waals surface area contributed by atoms with Crippen molar-refractivity contribution in [2.45, 2.75) is 33.6 Å². The molecule has 22 heavy (non-hydrogen) atoms. The van der Waals surface area contributed by atoms with Gasteiger partial charge < -0.3 is 4.90 Å². The van der Waals surface area contributed by atoms with Gasteiger partial charge in [-0.2, -0.15) is 0 Å². The van der Waals surface area contributed by atoms with E-state index < -0.39 is 0 Å². The Morgan fingerprint density at radius 1 is 1.27 bits per heavy atom. The number of hydrogen-bond acceptors (Lipinski definition) is 1. The number of benzene rings is 1. The number of allylic oxidation sites excluding steroid dienone is 3. The highest BCUT2D eigenvalue weighted by molar-refractivity contribution is 5.33. The molecule has 1 aromatic rings. The molecular formula is C20H29N2+. The average Bonchev–Trinajstić information content (AvgIpc) is 2.79. The van der Waals surface area contributed by atoms with E-state index in [4.69, 9.17) is 0 Å². The van der Waals surface area contributed by atoms with Crippen molar-refractivity contribution in [1.29, 1.82) is 0 Å². The maximum absolute atomic E-state index is 2.45. The molecule has 0 fully saturated rings. The van der Waals surface area contributed by atoms with Crippen molar-refractivity contribution >= 4 is 5.69 Å². The Morgan fingerprint density at radius 3 is 2.64 bits per heavy atom. The Kier molecular flexibility index (Phi) is 6.02. The van der Waals surface area contributed by atoms with Crippen LogP contribution in [0.3, 0.4) is 0 Å². The summed E-state index contributed by atoms with van der Waals surface area (Å²) in [6, 6.07) is 10.6. The van der Waals surface area contributed by atoms with Crippen molar-refractivity contribution in [3.8, 4) is 0 Å². The van der Waals surface area contributed by atoms with Crippen LogP contribution in [-0.2, 0) is 0 Å². The lowest BCUT2D eigenvalue weighted by molar-refractivity contribution is -0.520. The van der Waals surface area contributed by atoms with E-state index in [1.807, 2.05) is 0 Å². The second kappa shape index (κ2) is 8.00. The van der Waals surface area contributed by atoms with E-state index in [2.05, 4.69) is 86.6 Å². The predicted molar refractivity (Wildman–Crippen MR) is 94.7 cm³/mol. The maximum Gasteiger partial charge on any atom is 0.134 e. The van der Waals surface area contributed by atoms with Crippen molar-refractivity contribution in [1.82, 2.24) is 4.90 Å². The van der Waals surface area contributed by atoms with E-state index in [0.717, 1.165) is 19.4 Å². The fourth-order valence-electron chi connectivity index (χ4n) is 2.98. The molecule has 1 heterocycles. The molecule has 0 bridgehead atoms. The summed E-state index contributed by atoms with van der Waals surface area (Å²) in [5.74, 6) is 0.524. The average molecular weight is 297 g/mol. The highest BCUT2D eigenvalue weighted by Gasteiger charge is 2.24. The van der Waals surface area contributed by atoms with Gasteiger partial charge in [0.15, 0.2) is 0 Å². The van der Waals surface area contributed by atoms with Gasteiger partial charge in [-0.3, -0.25) is 5.32 Å². The molecule has 1 atom stereocenters. The summed E-state index contributed by atoms with van der Waals surface area (Å²) in [6.07, 6.45) is 9.13. The van der Waals surface area contributed by atoms with Gasteiger partial charge in [-0.05, 0) is 43.2 Å². The smallest absolute Gasteiger partial charge is 0.134 e. The molecule has 0 aromatic heterocycles. The SMILES string of the molecule is CCC=CC1=C(C)C(C=C(CC)[NH2+]c2ccccc2)CN1C. The summed E-state index contributed by atoms with van der Waals surface area (Å²) < 4.78 is 0. The van der Waals surface area contributed by atoms with Gasteiger partial charge in [-0.15, -0.1) is 0 Å². The molecule has 0 saturated heterocycles. The minimum atomic E-state index is 0.524. The summed E-state index contributed by atoms with van der Waals surface area (Å²) >= 11 is 0. The molecule has 1 unspecified atom stereocenters. The molecule has 1 aliphatic heterocycles. The van der Waals surface area contributed by atoms with E-state index in [1.54, 1.807) is 0 Å². The van der Waals surface area contributed by atoms with Gasteiger partial charge in [0, 0.05) is 31.6 Å². The van der Waals surface area contributed by atoms with Crippen molar-refractivity contribution < 1.29 is 5.32 Å². The maximum atomic E-state index is 2.45. The zero-order valence-electron chi connectivity index (χ0n) is 14.3. The number of likely N-dealkylation sites (N-methyl/N-ethyl adjacent to an activating group) is 1. The molecule has 0 spiro atoms. The molecule has 2 nitrogen and oxygen atoms in total. The molecule has 0 radical (unpaired) electrons. The van der Waals surface area contributed by atoms with Crippen LogP contribution in [-0.4, -0.2) is 18.5 Å². The van der Waals surface area contributed by atoms with Crippen molar-refractivity contribution in [2.24, 2.45) is 5.92 Å². The lowest BCUT2D eigenvalue weighted by atomic mass is 10.00. The summed E-state index contributed by atoms with van der Waals surface area (Å²) in [4.78, 5) is 2.37. The van der Waals surface area contributed by atoms with Gasteiger partial charge in [-0.25, -0.2) is 0 Å². The van der Waals surface area contributed by atoms with E-state index >= 15 is 0 Å². The number of hydrogen-bond donors (Lipinski definition) is 1. The van der Waals surface area contributed by atoms with E-state index in [-0.39, 0.29) is 0 Å². The van der Waals surface area contributed by atoms with Crippen LogP contribution < -0.4 is 5.32 Å². The van der Waals surface area contributed by atoms with Gasteiger partial charge in [0.1, 0.15) is 11.4 Å². The van der Waals surface area contributed by atoms with Gasteiger partial charge >= 0.3 is 0 Å². The fraction of sp³-hybridized carbons (Fsp3) is 0.400. The van der Waals surface area contributed by atoms with Gasteiger partial charge in [-0.1, -0.05) is 38.1 Å². The third-order valence-corrected chi connectivity index (χ3v) is 4.33. The van der Waals surface area contributed by atoms with Crippen LogP contribution >= 0.6 is 0 Å². The van der Waals surface area contributed by atoms with E-state index in [1.165, 1.54) is 22.7 Å². The van der Waals surface area contributed by atoms with Gasteiger partial charge in [0.25, 0.3) is 0 Å². The quantitative estimate of drug-likeness (QED) is 0.787. The summed E-state index contributed by atoms with van der Waals surface area (Å²) in [5, 5.41) is 2.31. The minimum Gasteiger partial charge on any atom is -0.374 e. The largest absolute Gasteiger partial charge is 0.374 e. The second-order valence-corrected chi connectivity index (χ2v) is 6.02. The Morgan fingerprint density at radius 2 is 2.00 bits per heavy atom. The first-order valence-electron chi connectivity index (χ1n) is 8.34. The molecule has 1 aromatic carbocycles. The Hall–Kier alpha value is -1.80. The Balaban J connectivity index is 2.16. The van der Waals surface area contributed by atoms with Gasteiger partial charge in [0.05, 0.1) is 0 Å². The molecule has 0 saturated carbocycles. The third-order valence-electron chi connectivity index (χ3n) is 4.33. The summed E-state index contributed by atoms with van der Waals surface area (Å²) in [5.41, 5.74) is 5.58. The van der Waals surface area contributed by atoms with Crippen LogP contribution in [0.15, 0.2) is 65.5 Å². The van der Waals surface area contributed by atoms with Crippen LogP contribution in [0.4, 0.5) is 5.69 Å². The standard InChI is InChI=1S/C20H28N2/c1-5-7-13-20-16(3)17(15-22(20)4)14-18(6-2)21-19-11-9-8-10-12-19/h7-14,17,21H,5-6,15H2,1-4H3/p+1. The van der Waals surface area contributed by atoms with Crippen molar-refractivity contribution in [2.75, 3.05) is 13.6 Å². The molecule has 2 N–H and O–H groups in total. The topological polar surface area (TPSA) is 19.9 Å². The zero-order valence-corrected chi connectivity index (χ0v) is 14.3. The van der Waals surface area contributed by atoms with Crippen LogP contribution in [0.1, 0.15) is 33.6 Å². The Labute approximate surface area is 135 Å². The van der Waals surface area contributed by atoms with Crippen molar-refractivity contribution in [3.05, 3.63) is 65.5 Å². The number of quaternary nitrogens is 1. The fourth-order valence-corrected chi connectivity index (χ4v) is 2.98.